The van der Waals surface area contributed by atoms with Crippen LogP contribution in [0.4, 0.5) is 5.13 Å². The molecular formula is C11H19N2S+. The van der Waals surface area contributed by atoms with Gasteiger partial charge in [0.15, 0.2) is 0 Å². The van der Waals surface area contributed by atoms with Gasteiger partial charge in [0, 0.05) is 5.38 Å². The number of nitrogens with one attached hydrogen (secondary N) is 1. The molecule has 0 radical (unpaired) electrons. The summed E-state index contributed by atoms with van der Waals surface area (Å²) < 4.78 is 2.25. The Morgan fingerprint density at radius 3 is 2.64 bits per heavy atom. The molecule has 2 rings (SSSR count). The molecule has 1 aliphatic rings. The van der Waals surface area contributed by atoms with Gasteiger partial charge in [0.25, 0.3) is 0 Å². The van der Waals surface area contributed by atoms with Gasteiger partial charge in [-0.1, -0.05) is 17.8 Å². The van der Waals surface area contributed by atoms with E-state index in [1.807, 2.05) is 11.3 Å². The first-order valence-electron chi connectivity index (χ1n) is 5.48. The van der Waals surface area contributed by atoms with Crippen LogP contribution in [0, 0.1) is 6.92 Å². The lowest BCUT2D eigenvalue weighted by Crippen LogP contribution is -2.35. The molecule has 0 saturated heterocycles. The number of nitrogens with zero attached hydrogens (tertiary/aromatic N) is 1. The molecule has 0 aromatic carbocycles. The van der Waals surface area contributed by atoms with E-state index in [0.29, 0.717) is 6.04 Å². The van der Waals surface area contributed by atoms with Crippen molar-refractivity contribution in [3.8, 4) is 0 Å². The lowest BCUT2D eigenvalue weighted by atomic mass is 9.96. The average Bonchev–Trinajstić information content (AvgIpc) is 2.52. The highest BCUT2D eigenvalue weighted by Gasteiger charge is 2.20. The smallest absolute Gasteiger partial charge is 0.262 e. The Morgan fingerprint density at radius 1 is 1.36 bits per heavy atom. The summed E-state index contributed by atoms with van der Waals surface area (Å²) >= 11 is 1.82. The van der Waals surface area contributed by atoms with Gasteiger partial charge in [-0.05, 0) is 32.6 Å². The topological polar surface area (TPSA) is 15.9 Å². The molecule has 0 aliphatic heterocycles. The normalized spacial score (nSPS) is 18.4. The van der Waals surface area contributed by atoms with E-state index in [1.165, 1.54) is 42.9 Å². The molecule has 1 aromatic rings. The van der Waals surface area contributed by atoms with E-state index in [2.05, 4.69) is 29.2 Å². The first-order chi connectivity index (χ1) is 6.77. The zero-order chi connectivity index (χ0) is 9.97. The maximum absolute atomic E-state index is 3.65. The number of rotatable bonds is 2. The summed E-state index contributed by atoms with van der Waals surface area (Å²) in [5, 5.41) is 7.18. The largest absolute Gasteiger partial charge is 0.333 e. The van der Waals surface area contributed by atoms with Crippen LogP contribution in [0.2, 0.25) is 0 Å². The van der Waals surface area contributed by atoms with Crippen molar-refractivity contribution in [1.82, 2.24) is 0 Å². The third-order valence-corrected chi connectivity index (χ3v) is 4.18. The van der Waals surface area contributed by atoms with Crippen molar-refractivity contribution in [1.29, 1.82) is 0 Å². The minimum Gasteiger partial charge on any atom is -0.262 e. The summed E-state index contributed by atoms with van der Waals surface area (Å²) in [4.78, 5) is 0. The van der Waals surface area contributed by atoms with E-state index in [1.54, 1.807) is 0 Å². The SMILES string of the molecule is Cc1csc(NC2CCCCC2)[n+]1C. The van der Waals surface area contributed by atoms with E-state index in [4.69, 9.17) is 0 Å². The Balaban J connectivity index is 1.99. The zero-order valence-electron chi connectivity index (χ0n) is 9.05. The van der Waals surface area contributed by atoms with Gasteiger partial charge in [-0.15, -0.1) is 0 Å². The van der Waals surface area contributed by atoms with Crippen LogP contribution in [0.15, 0.2) is 5.38 Å². The van der Waals surface area contributed by atoms with Gasteiger partial charge < -0.3 is 0 Å². The van der Waals surface area contributed by atoms with Gasteiger partial charge in [0.05, 0.1) is 13.1 Å². The van der Waals surface area contributed by atoms with Crippen molar-refractivity contribution in [2.45, 2.75) is 45.1 Å². The third-order valence-electron chi connectivity index (χ3n) is 3.11. The van der Waals surface area contributed by atoms with Crippen LogP contribution in [0.5, 0.6) is 0 Å². The fraction of sp³-hybridized carbons (Fsp3) is 0.727. The standard InChI is InChI=1S/C11H18N2S/c1-9-8-14-11(13(9)2)12-10-6-4-3-5-7-10/h8,10H,3-7H2,1-2H3/p+1. The molecule has 1 aromatic heterocycles. The van der Waals surface area contributed by atoms with Crippen LogP contribution in [0.1, 0.15) is 37.8 Å². The number of thiazole rings is 1. The molecule has 0 spiro atoms. The maximum atomic E-state index is 3.65. The fourth-order valence-corrected chi connectivity index (χ4v) is 2.99. The van der Waals surface area contributed by atoms with Crippen LogP contribution in [-0.4, -0.2) is 6.04 Å². The second-order valence-electron chi connectivity index (χ2n) is 4.22. The van der Waals surface area contributed by atoms with Crippen LogP contribution in [0.25, 0.3) is 0 Å². The molecule has 14 heavy (non-hydrogen) atoms. The quantitative estimate of drug-likeness (QED) is 0.744. The van der Waals surface area contributed by atoms with E-state index >= 15 is 0 Å². The molecule has 78 valence electrons. The Labute approximate surface area is 90.0 Å². The number of aromatic nitrogens is 1. The summed E-state index contributed by atoms with van der Waals surface area (Å²) in [6.07, 6.45) is 6.90. The van der Waals surface area contributed by atoms with Crippen molar-refractivity contribution < 1.29 is 4.57 Å². The van der Waals surface area contributed by atoms with Gasteiger partial charge in [-0.3, -0.25) is 5.32 Å². The first-order valence-corrected chi connectivity index (χ1v) is 6.36. The molecule has 1 saturated carbocycles. The van der Waals surface area contributed by atoms with E-state index < -0.39 is 0 Å². The average molecular weight is 211 g/mol. The minimum absolute atomic E-state index is 0.716. The molecule has 1 fully saturated rings. The van der Waals surface area contributed by atoms with Crippen molar-refractivity contribution >= 4 is 16.5 Å². The van der Waals surface area contributed by atoms with Crippen molar-refractivity contribution in [2.75, 3.05) is 5.32 Å². The molecule has 0 unspecified atom stereocenters. The van der Waals surface area contributed by atoms with Gasteiger partial charge in [0.2, 0.25) is 0 Å². The third kappa shape index (κ3) is 2.08. The number of hydrogen-bond acceptors (Lipinski definition) is 2. The second kappa shape index (κ2) is 4.30. The highest BCUT2D eigenvalue weighted by Crippen LogP contribution is 2.22. The predicted octanol–water partition coefficient (Wildman–Crippen LogP) is 2.63. The second-order valence-corrected chi connectivity index (χ2v) is 5.08. The van der Waals surface area contributed by atoms with E-state index in [0.717, 1.165) is 0 Å². The molecule has 1 heterocycles. The van der Waals surface area contributed by atoms with Crippen molar-refractivity contribution in [3.63, 3.8) is 0 Å². The summed E-state index contributed by atoms with van der Waals surface area (Å²) in [6, 6.07) is 0.716. The summed E-state index contributed by atoms with van der Waals surface area (Å²) in [7, 11) is 2.14. The Kier molecular flexibility index (Phi) is 3.06. The highest BCUT2D eigenvalue weighted by molar-refractivity contribution is 7.13. The molecule has 2 nitrogen and oxygen atoms in total. The van der Waals surface area contributed by atoms with Gasteiger partial charge in [-0.2, -0.15) is 0 Å². The monoisotopic (exact) mass is 211 g/mol. The lowest BCUT2D eigenvalue weighted by molar-refractivity contribution is -0.659. The maximum Gasteiger partial charge on any atom is 0.333 e. The molecule has 0 amide bonds. The first kappa shape index (κ1) is 9.97. The Hall–Kier alpha value is -0.570. The molecule has 3 heteroatoms. The number of aryl methyl sites for hydroxylation is 1. The summed E-state index contributed by atoms with van der Waals surface area (Å²) in [6.45, 7) is 2.16. The molecule has 0 bridgehead atoms. The van der Waals surface area contributed by atoms with Crippen molar-refractivity contribution in [2.24, 2.45) is 7.05 Å². The highest BCUT2D eigenvalue weighted by atomic mass is 32.1. The zero-order valence-corrected chi connectivity index (χ0v) is 9.86. The van der Waals surface area contributed by atoms with Crippen LogP contribution < -0.4 is 9.88 Å². The lowest BCUT2D eigenvalue weighted by Gasteiger charge is -2.18. The van der Waals surface area contributed by atoms with Gasteiger partial charge in [-0.25, -0.2) is 4.57 Å². The van der Waals surface area contributed by atoms with E-state index in [-0.39, 0.29) is 0 Å². The molecule has 1 aliphatic carbocycles. The van der Waals surface area contributed by atoms with Crippen LogP contribution >= 0.6 is 11.3 Å². The van der Waals surface area contributed by atoms with Gasteiger partial charge in [0.1, 0.15) is 5.69 Å². The predicted molar refractivity (Wildman–Crippen MR) is 60.7 cm³/mol. The van der Waals surface area contributed by atoms with Crippen LogP contribution in [-0.2, 0) is 7.05 Å². The molecular weight excluding hydrogens is 192 g/mol. The molecule has 0 atom stereocenters. The number of hydrogen-bond donors (Lipinski definition) is 1. The summed E-state index contributed by atoms with van der Waals surface area (Å²) in [5.74, 6) is 0. The van der Waals surface area contributed by atoms with Crippen molar-refractivity contribution in [3.05, 3.63) is 11.1 Å². The van der Waals surface area contributed by atoms with E-state index in [9.17, 15) is 0 Å². The Morgan fingerprint density at radius 2 is 2.07 bits per heavy atom. The van der Waals surface area contributed by atoms with Crippen LogP contribution in [0.3, 0.4) is 0 Å². The Bertz CT molecular complexity index is 300. The van der Waals surface area contributed by atoms with Gasteiger partial charge >= 0.3 is 5.13 Å². The molecule has 1 N–H and O–H groups in total. The minimum atomic E-state index is 0.716. The summed E-state index contributed by atoms with van der Waals surface area (Å²) in [5.41, 5.74) is 1.34. The number of anilines is 1. The fourth-order valence-electron chi connectivity index (χ4n) is 2.01.